The second kappa shape index (κ2) is 7.44. The van der Waals surface area contributed by atoms with E-state index < -0.39 is 53.7 Å². The van der Waals surface area contributed by atoms with Gasteiger partial charge in [0.2, 0.25) is 5.88 Å². The van der Waals surface area contributed by atoms with E-state index in [0.717, 1.165) is 6.07 Å². The average molecular weight is 427 g/mol. The van der Waals surface area contributed by atoms with Crippen LogP contribution in [0.3, 0.4) is 0 Å². The maximum Gasteiger partial charge on any atom is 0.428 e. The number of fused-ring (bicyclic) bond motifs is 5. The Morgan fingerprint density at radius 1 is 1.03 bits per heavy atom. The molecule has 2 aromatic rings. The molecule has 3 heterocycles. The monoisotopic (exact) mass is 427 g/mol. The molecule has 4 bridgehead atoms. The molecule has 0 aliphatic carbocycles. The Hall–Kier alpha value is -2.41. The second-order valence-corrected chi connectivity index (χ2v) is 6.44. The number of halogens is 6. The fourth-order valence-corrected chi connectivity index (χ4v) is 2.81. The SMILES string of the molecule is OC1CCCCCOc2nc(ccc2C(F)(F)F)-c2nnc(o2)C1(O)C(F)(F)F. The zero-order valence-corrected chi connectivity index (χ0v) is 14.6. The van der Waals surface area contributed by atoms with Gasteiger partial charge in [-0.05, 0) is 31.4 Å². The summed E-state index contributed by atoms with van der Waals surface area (Å²) in [6.07, 6.45) is -12.4. The van der Waals surface area contributed by atoms with Gasteiger partial charge in [0.1, 0.15) is 17.4 Å². The van der Waals surface area contributed by atoms with Crippen molar-refractivity contribution >= 4 is 0 Å². The van der Waals surface area contributed by atoms with Crippen LogP contribution in [-0.4, -0.2) is 44.3 Å². The van der Waals surface area contributed by atoms with Crippen molar-refractivity contribution in [2.24, 2.45) is 0 Å². The summed E-state index contributed by atoms with van der Waals surface area (Å²) >= 11 is 0. The minimum atomic E-state index is -5.35. The molecule has 2 N–H and O–H groups in total. The van der Waals surface area contributed by atoms with E-state index >= 15 is 0 Å². The van der Waals surface area contributed by atoms with Crippen molar-refractivity contribution in [2.75, 3.05) is 6.61 Å². The molecule has 0 saturated carbocycles. The highest BCUT2D eigenvalue weighted by Gasteiger charge is 2.63. The fourth-order valence-electron chi connectivity index (χ4n) is 2.81. The zero-order valence-electron chi connectivity index (χ0n) is 14.6. The number of aromatic nitrogens is 3. The Morgan fingerprint density at radius 3 is 2.41 bits per heavy atom. The van der Waals surface area contributed by atoms with Gasteiger partial charge < -0.3 is 19.4 Å². The quantitative estimate of drug-likeness (QED) is 0.623. The van der Waals surface area contributed by atoms with Crippen LogP contribution in [0.5, 0.6) is 5.88 Å². The molecule has 160 valence electrons. The molecule has 0 radical (unpaired) electrons. The first-order valence-corrected chi connectivity index (χ1v) is 8.47. The van der Waals surface area contributed by atoms with Crippen molar-refractivity contribution in [3.63, 3.8) is 0 Å². The lowest BCUT2D eigenvalue weighted by atomic mass is 9.91. The third kappa shape index (κ3) is 4.01. The van der Waals surface area contributed by atoms with Crippen molar-refractivity contribution < 1.29 is 45.7 Å². The minimum absolute atomic E-state index is 0.0313. The second-order valence-electron chi connectivity index (χ2n) is 6.44. The molecule has 0 amide bonds. The normalized spacial score (nSPS) is 23.9. The highest BCUT2D eigenvalue weighted by atomic mass is 19.4. The summed E-state index contributed by atoms with van der Waals surface area (Å²) in [5.74, 6) is -2.79. The Bertz CT molecular complexity index is 869. The molecule has 13 heteroatoms. The number of ether oxygens (including phenoxy) is 1. The van der Waals surface area contributed by atoms with Gasteiger partial charge in [0.25, 0.3) is 17.4 Å². The first kappa shape index (κ1) is 21.3. The molecular formula is C16H15F6N3O4. The van der Waals surface area contributed by atoms with Crippen LogP contribution in [0.25, 0.3) is 11.6 Å². The van der Waals surface area contributed by atoms with Gasteiger partial charge in [0.15, 0.2) is 0 Å². The van der Waals surface area contributed by atoms with Gasteiger partial charge in [-0.1, -0.05) is 6.42 Å². The number of hydrogen-bond acceptors (Lipinski definition) is 7. The van der Waals surface area contributed by atoms with E-state index in [9.17, 15) is 36.6 Å². The molecule has 7 nitrogen and oxygen atoms in total. The highest BCUT2D eigenvalue weighted by Crippen LogP contribution is 2.43. The van der Waals surface area contributed by atoms with Crippen LogP contribution in [0.1, 0.15) is 37.1 Å². The maximum atomic E-state index is 13.5. The van der Waals surface area contributed by atoms with Crippen molar-refractivity contribution in [3.05, 3.63) is 23.6 Å². The van der Waals surface area contributed by atoms with E-state index in [4.69, 9.17) is 9.15 Å². The first-order chi connectivity index (χ1) is 13.4. The van der Waals surface area contributed by atoms with Gasteiger partial charge in [0.05, 0.1) is 6.61 Å². The Labute approximate surface area is 159 Å². The molecule has 0 spiro atoms. The number of hydrogen-bond donors (Lipinski definition) is 2. The Kier molecular flexibility index (Phi) is 5.47. The number of nitrogens with zero attached hydrogens (tertiary/aromatic N) is 3. The lowest BCUT2D eigenvalue weighted by molar-refractivity contribution is -0.306. The summed E-state index contributed by atoms with van der Waals surface area (Å²) in [4.78, 5) is 3.64. The van der Waals surface area contributed by atoms with E-state index in [2.05, 4.69) is 15.2 Å². The molecule has 2 unspecified atom stereocenters. The van der Waals surface area contributed by atoms with Gasteiger partial charge in [0, 0.05) is 0 Å². The van der Waals surface area contributed by atoms with E-state index in [1.54, 1.807) is 0 Å². The lowest BCUT2D eigenvalue weighted by Crippen LogP contribution is -2.52. The van der Waals surface area contributed by atoms with Crippen LogP contribution in [0, 0.1) is 0 Å². The summed E-state index contributed by atoms with van der Waals surface area (Å²) in [5, 5.41) is 26.7. The summed E-state index contributed by atoms with van der Waals surface area (Å²) in [6.45, 7) is -0.186. The predicted octanol–water partition coefficient (Wildman–Crippen LogP) is 3.21. The van der Waals surface area contributed by atoms with Crippen LogP contribution in [0.4, 0.5) is 26.3 Å². The zero-order chi connectivity index (χ0) is 21.4. The third-order valence-electron chi connectivity index (χ3n) is 4.41. The van der Waals surface area contributed by atoms with Crippen LogP contribution in [0.2, 0.25) is 0 Å². The number of alkyl halides is 6. The third-order valence-corrected chi connectivity index (χ3v) is 4.41. The maximum absolute atomic E-state index is 13.5. The van der Waals surface area contributed by atoms with Gasteiger partial charge in [-0.25, -0.2) is 4.98 Å². The van der Waals surface area contributed by atoms with Crippen LogP contribution < -0.4 is 4.74 Å². The Balaban J connectivity index is 2.12. The molecule has 0 saturated heterocycles. The topological polar surface area (TPSA) is 102 Å². The minimum Gasteiger partial charge on any atom is -0.477 e. The van der Waals surface area contributed by atoms with Crippen molar-refractivity contribution in [2.45, 2.75) is 49.7 Å². The van der Waals surface area contributed by atoms with E-state index in [1.165, 1.54) is 0 Å². The molecule has 1 aliphatic rings. The van der Waals surface area contributed by atoms with E-state index in [1.807, 2.05) is 0 Å². The largest absolute Gasteiger partial charge is 0.477 e. The molecule has 3 rings (SSSR count). The summed E-state index contributed by atoms with van der Waals surface area (Å²) in [5.41, 5.74) is -5.40. The van der Waals surface area contributed by atoms with Crippen LogP contribution >= 0.6 is 0 Å². The highest BCUT2D eigenvalue weighted by molar-refractivity contribution is 5.50. The van der Waals surface area contributed by atoms with Gasteiger partial charge in [-0.2, -0.15) is 26.3 Å². The number of aliphatic hydroxyl groups is 2. The summed E-state index contributed by atoms with van der Waals surface area (Å²) < 4.78 is 90.0. The van der Waals surface area contributed by atoms with E-state index in [0.29, 0.717) is 6.07 Å². The van der Waals surface area contributed by atoms with Crippen molar-refractivity contribution in [1.82, 2.24) is 15.2 Å². The predicted molar refractivity (Wildman–Crippen MR) is 82.5 cm³/mol. The molecule has 1 aliphatic heterocycles. The van der Waals surface area contributed by atoms with Gasteiger partial charge in [-0.15, -0.1) is 10.2 Å². The lowest BCUT2D eigenvalue weighted by Gasteiger charge is -2.31. The summed E-state index contributed by atoms with van der Waals surface area (Å²) in [7, 11) is 0. The molecular weight excluding hydrogens is 412 g/mol. The van der Waals surface area contributed by atoms with Gasteiger partial charge >= 0.3 is 12.4 Å². The standard InChI is InChI=1S/C16H15F6N3O4/c17-15(18,19)8-5-6-9-12-24-25-13(29-12)14(27,16(20,21)22)10(26)4-2-1-3-7-28-11(8)23-9/h5-6,10,26-27H,1-4,7H2. The molecule has 2 atom stereocenters. The molecule has 2 aromatic heterocycles. The number of rotatable bonds is 0. The molecule has 0 fully saturated rings. The first-order valence-electron chi connectivity index (χ1n) is 8.47. The molecule has 29 heavy (non-hydrogen) atoms. The fraction of sp³-hybridized carbons (Fsp3) is 0.562. The van der Waals surface area contributed by atoms with Crippen LogP contribution in [0.15, 0.2) is 16.5 Å². The van der Waals surface area contributed by atoms with E-state index in [-0.39, 0.29) is 31.6 Å². The number of pyridine rings is 1. The summed E-state index contributed by atoms with van der Waals surface area (Å²) in [6, 6.07) is 1.44. The van der Waals surface area contributed by atoms with Crippen LogP contribution in [-0.2, 0) is 11.8 Å². The van der Waals surface area contributed by atoms with Crippen molar-refractivity contribution in [1.29, 1.82) is 0 Å². The smallest absolute Gasteiger partial charge is 0.428 e. The number of aliphatic hydroxyl groups excluding tert-OH is 1. The molecule has 0 aromatic carbocycles. The van der Waals surface area contributed by atoms with Gasteiger partial charge in [-0.3, -0.25) is 0 Å². The average Bonchev–Trinajstić information content (AvgIpc) is 3.11. The Morgan fingerprint density at radius 2 is 1.76 bits per heavy atom. The van der Waals surface area contributed by atoms with Crippen molar-refractivity contribution in [3.8, 4) is 17.5 Å².